The highest BCUT2D eigenvalue weighted by Gasteiger charge is 2.80. The van der Waals surface area contributed by atoms with Crippen LogP contribution in [0.3, 0.4) is 0 Å². The average molecular weight is 553 g/mol. The molecule has 3 fully saturated rings. The molecule has 1 N–H and O–H groups in total. The van der Waals surface area contributed by atoms with E-state index in [0.717, 1.165) is 18.4 Å². The molecule has 2 bridgehead atoms. The monoisotopic (exact) mass is 552 g/mol. The molecule has 1 aromatic carbocycles. The Hall–Kier alpha value is -2.97. The smallest absolute Gasteiger partial charge is 0.312 e. The number of carbonyl (C=O) groups excluding carboxylic acids is 3. The van der Waals surface area contributed by atoms with E-state index in [-0.39, 0.29) is 30.9 Å². The van der Waals surface area contributed by atoms with E-state index in [1.54, 1.807) is 22.0 Å². The van der Waals surface area contributed by atoms with Gasteiger partial charge in [-0.25, -0.2) is 0 Å². The van der Waals surface area contributed by atoms with E-state index in [1.165, 1.54) is 0 Å². The minimum atomic E-state index is -1.11. The molecule has 218 valence electrons. The fourth-order valence-corrected chi connectivity index (χ4v) is 7.06. The molecule has 2 amide bonds. The number of fused-ring (bicyclic) bond motifs is 1. The number of aliphatic hydroxyl groups is 1. The first-order valence-electron chi connectivity index (χ1n) is 14.6. The van der Waals surface area contributed by atoms with Gasteiger partial charge >= 0.3 is 5.97 Å². The van der Waals surface area contributed by atoms with Crippen molar-refractivity contribution in [2.45, 2.75) is 76.2 Å². The number of amides is 2. The summed E-state index contributed by atoms with van der Waals surface area (Å²) >= 11 is 0. The fraction of sp³-hybridized carbons (Fsp3) is 0.594. The lowest BCUT2D eigenvalue weighted by atomic mass is 9.62. The SMILES string of the molecule is C=CCCOC(=O)[C@H]1[C@H]2C(=O)N(CCCCCCO)C(C(=O)N(CC=C)Cc3ccccc3)C23CC(C)[C@]1(C)O3. The van der Waals surface area contributed by atoms with Gasteiger partial charge < -0.3 is 24.4 Å². The van der Waals surface area contributed by atoms with Crippen LogP contribution in [0.2, 0.25) is 0 Å². The number of unbranched alkanes of at least 4 members (excludes halogenated alkanes) is 3. The molecule has 0 aliphatic carbocycles. The number of carbonyl (C=O) groups is 3. The van der Waals surface area contributed by atoms with Crippen molar-refractivity contribution in [2.24, 2.45) is 17.8 Å². The summed E-state index contributed by atoms with van der Waals surface area (Å²) in [6.45, 7) is 12.9. The van der Waals surface area contributed by atoms with Gasteiger partial charge in [-0.2, -0.15) is 0 Å². The Balaban J connectivity index is 1.70. The third kappa shape index (κ3) is 5.36. The largest absolute Gasteiger partial charge is 0.465 e. The van der Waals surface area contributed by atoms with Gasteiger partial charge in [0.05, 0.1) is 18.1 Å². The van der Waals surface area contributed by atoms with Crippen LogP contribution in [-0.4, -0.2) is 76.2 Å². The molecule has 3 unspecified atom stereocenters. The first-order valence-corrected chi connectivity index (χ1v) is 14.6. The summed E-state index contributed by atoms with van der Waals surface area (Å²) in [4.78, 5) is 45.6. The minimum Gasteiger partial charge on any atom is -0.465 e. The number of esters is 1. The molecule has 8 nitrogen and oxygen atoms in total. The van der Waals surface area contributed by atoms with Crippen LogP contribution in [0.5, 0.6) is 0 Å². The van der Waals surface area contributed by atoms with E-state index >= 15 is 0 Å². The third-order valence-electron chi connectivity index (χ3n) is 9.05. The van der Waals surface area contributed by atoms with E-state index in [4.69, 9.17) is 14.6 Å². The maximum atomic E-state index is 14.5. The summed E-state index contributed by atoms with van der Waals surface area (Å²) in [5.74, 6) is -2.45. The first kappa shape index (κ1) is 30.0. The summed E-state index contributed by atoms with van der Waals surface area (Å²) in [6, 6.07) is 8.90. The molecular weight excluding hydrogens is 508 g/mol. The van der Waals surface area contributed by atoms with Gasteiger partial charge in [0.2, 0.25) is 11.8 Å². The zero-order valence-electron chi connectivity index (χ0n) is 23.9. The minimum absolute atomic E-state index is 0.0460. The molecule has 3 aliphatic rings. The lowest BCUT2D eigenvalue weighted by Gasteiger charge is -2.37. The number of rotatable bonds is 15. The van der Waals surface area contributed by atoms with Crippen molar-refractivity contribution < 1.29 is 29.0 Å². The molecular formula is C32H44N2O6. The van der Waals surface area contributed by atoms with Gasteiger partial charge in [-0.05, 0) is 44.1 Å². The fourth-order valence-electron chi connectivity index (χ4n) is 7.06. The number of benzene rings is 1. The Kier molecular flexibility index (Phi) is 9.52. The van der Waals surface area contributed by atoms with Gasteiger partial charge in [0.25, 0.3) is 0 Å². The molecule has 6 atom stereocenters. The van der Waals surface area contributed by atoms with Gasteiger partial charge in [-0.1, -0.05) is 62.2 Å². The van der Waals surface area contributed by atoms with Crippen LogP contribution in [0.4, 0.5) is 0 Å². The van der Waals surface area contributed by atoms with Crippen molar-refractivity contribution in [2.75, 3.05) is 26.3 Å². The quantitative estimate of drug-likeness (QED) is 0.202. The van der Waals surface area contributed by atoms with Gasteiger partial charge in [0.1, 0.15) is 17.6 Å². The second-order valence-electron chi connectivity index (χ2n) is 11.6. The summed E-state index contributed by atoms with van der Waals surface area (Å²) in [5.41, 5.74) is -1.03. The van der Waals surface area contributed by atoms with Crippen molar-refractivity contribution in [1.29, 1.82) is 0 Å². The summed E-state index contributed by atoms with van der Waals surface area (Å²) in [7, 11) is 0. The molecule has 4 rings (SSSR count). The maximum Gasteiger partial charge on any atom is 0.312 e. The molecule has 3 heterocycles. The summed E-state index contributed by atoms with van der Waals surface area (Å²) in [5, 5.41) is 9.17. The van der Waals surface area contributed by atoms with Crippen molar-refractivity contribution in [3.63, 3.8) is 0 Å². The van der Waals surface area contributed by atoms with Gasteiger partial charge in [-0.3, -0.25) is 14.4 Å². The number of likely N-dealkylation sites (tertiary alicyclic amines) is 1. The third-order valence-corrected chi connectivity index (χ3v) is 9.05. The Bertz CT molecular complexity index is 1090. The standard InChI is InChI=1S/C32H44N2O6/c1-5-7-20-39-30(38)26-25-28(36)34(18-13-8-9-14-19-35)27(32(25)21-23(3)31(26,4)40-32)29(37)33(17-6-2)22-24-15-11-10-12-16-24/h5-6,10-12,15-16,23,25-27,35H,1-2,7-9,13-14,17-22H2,3-4H3/t23?,25-,26+,27?,31-,32?/m0/s1. The number of nitrogens with zero attached hydrogens (tertiary/aromatic N) is 2. The highest BCUT2D eigenvalue weighted by molar-refractivity contribution is 5.98. The molecule has 1 aromatic rings. The highest BCUT2D eigenvalue weighted by Crippen LogP contribution is 2.65. The highest BCUT2D eigenvalue weighted by atomic mass is 16.6. The normalized spacial score (nSPS) is 30.3. The predicted molar refractivity (Wildman–Crippen MR) is 152 cm³/mol. The van der Waals surface area contributed by atoms with Crippen LogP contribution in [0.25, 0.3) is 0 Å². The van der Waals surface area contributed by atoms with E-state index in [0.29, 0.717) is 45.3 Å². The van der Waals surface area contributed by atoms with Crippen LogP contribution in [0.1, 0.15) is 57.9 Å². The van der Waals surface area contributed by atoms with Gasteiger partial charge in [0, 0.05) is 26.2 Å². The lowest BCUT2D eigenvalue weighted by Crippen LogP contribution is -2.56. The molecule has 1 spiro atoms. The Morgan fingerprint density at radius 2 is 1.90 bits per heavy atom. The number of aliphatic hydroxyl groups excluding tert-OH is 1. The molecule has 40 heavy (non-hydrogen) atoms. The van der Waals surface area contributed by atoms with Crippen LogP contribution in [0, 0.1) is 17.8 Å². The number of hydrogen-bond donors (Lipinski definition) is 1. The number of ether oxygens (including phenoxy) is 2. The molecule has 0 aromatic heterocycles. The Morgan fingerprint density at radius 3 is 2.58 bits per heavy atom. The van der Waals surface area contributed by atoms with Crippen LogP contribution < -0.4 is 0 Å². The van der Waals surface area contributed by atoms with Crippen molar-refractivity contribution in [1.82, 2.24) is 9.80 Å². The van der Waals surface area contributed by atoms with Gasteiger partial charge in [-0.15, -0.1) is 13.2 Å². The molecule has 8 heteroatoms. The topological polar surface area (TPSA) is 96.4 Å². The van der Waals surface area contributed by atoms with E-state index in [2.05, 4.69) is 13.2 Å². The molecule has 0 radical (unpaired) electrons. The second kappa shape index (κ2) is 12.7. The zero-order valence-corrected chi connectivity index (χ0v) is 23.9. The van der Waals surface area contributed by atoms with Crippen molar-refractivity contribution in [3.8, 4) is 0 Å². The second-order valence-corrected chi connectivity index (χ2v) is 11.6. The van der Waals surface area contributed by atoms with Crippen LogP contribution in [0.15, 0.2) is 55.6 Å². The molecule has 0 saturated carbocycles. The predicted octanol–water partition coefficient (Wildman–Crippen LogP) is 3.88. The van der Waals surface area contributed by atoms with Gasteiger partial charge in [0.15, 0.2) is 0 Å². The first-order chi connectivity index (χ1) is 19.2. The van der Waals surface area contributed by atoms with Crippen molar-refractivity contribution >= 4 is 17.8 Å². The zero-order chi connectivity index (χ0) is 28.9. The van der Waals surface area contributed by atoms with E-state index in [9.17, 15) is 14.4 Å². The Labute approximate surface area is 238 Å². The van der Waals surface area contributed by atoms with Crippen LogP contribution >= 0.6 is 0 Å². The molecule has 3 aliphatic heterocycles. The number of hydrogen-bond acceptors (Lipinski definition) is 6. The average Bonchev–Trinajstić information content (AvgIpc) is 3.45. The summed E-state index contributed by atoms with van der Waals surface area (Å²) < 4.78 is 12.4. The van der Waals surface area contributed by atoms with Crippen molar-refractivity contribution in [3.05, 3.63) is 61.2 Å². The molecule has 3 saturated heterocycles. The Morgan fingerprint density at radius 1 is 1.18 bits per heavy atom. The lowest BCUT2D eigenvalue weighted by molar-refractivity contribution is -0.162. The maximum absolute atomic E-state index is 14.5. The summed E-state index contributed by atoms with van der Waals surface area (Å²) in [6.07, 6.45) is 7.48. The van der Waals surface area contributed by atoms with E-state index in [1.807, 2.05) is 44.2 Å². The van der Waals surface area contributed by atoms with E-state index < -0.39 is 35.0 Å². The van der Waals surface area contributed by atoms with Crippen LogP contribution in [-0.2, 0) is 30.4 Å².